The normalized spacial score (nSPS) is 20.2. The topological polar surface area (TPSA) is 80.5 Å². The van der Waals surface area contributed by atoms with E-state index >= 15 is 0 Å². The second kappa shape index (κ2) is 9.41. The number of aryl methyl sites for hydroxylation is 1. The smallest absolute Gasteiger partial charge is 0.241 e. The van der Waals surface area contributed by atoms with Crippen molar-refractivity contribution in [1.82, 2.24) is 20.4 Å². The van der Waals surface area contributed by atoms with E-state index in [-0.39, 0.29) is 29.3 Å². The highest BCUT2D eigenvalue weighted by Crippen LogP contribution is 2.40. The van der Waals surface area contributed by atoms with Gasteiger partial charge in [-0.3, -0.25) is 9.69 Å². The van der Waals surface area contributed by atoms with E-state index < -0.39 is 0 Å². The largest absolute Gasteiger partial charge is 0.487 e. The number of likely N-dealkylation sites (tertiary alicyclic amines) is 1. The lowest BCUT2D eigenvalue weighted by atomic mass is 9.88. The Labute approximate surface area is 204 Å². The Hall–Kier alpha value is -3.26. The molecule has 7 nitrogen and oxygen atoms in total. The maximum Gasteiger partial charge on any atom is 0.241 e. The zero-order valence-electron chi connectivity index (χ0n) is 20.4. The fourth-order valence-electron chi connectivity index (χ4n) is 4.96. The zero-order valence-corrected chi connectivity index (χ0v) is 20.4. The lowest BCUT2D eigenvalue weighted by molar-refractivity contribution is -0.127. The molecule has 0 spiro atoms. The molecule has 1 fully saturated rings. The molecule has 1 amide bonds. The van der Waals surface area contributed by atoms with Crippen molar-refractivity contribution in [2.75, 3.05) is 13.1 Å². The minimum absolute atomic E-state index is 0.0245. The van der Waals surface area contributed by atoms with Crippen LogP contribution >= 0.6 is 0 Å². The number of benzene rings is 2. The molecule has 2 aromatic carbocycles. The fourth-order valence-corrected chi connectivity index (χ4v) is 4.96. The van der Waals surface area contributed by atoms with Gasteiger partial charge < -0.3 is 14.6 Å². The molecule has 8 heteroatoms. The van der Waals surface area contributed by atoms with E-state index in [4.69, 9.17) is 9.26 Å². The molecular weight excluding hydrogens is 447 g/mol. The van der Waals surface area contributed by atoms with E-state index in [0.29, 0.717) is 23.8 Å². The molecule has 0 radical (unpaired) electrons. The Balaban J connectivity index is 1.16. The van der Waals surface area contributed by atoms with Crippen molar-refractivity contribution in [3.05, 3.63) is 65.3 Å². The van der Waals surface area contributed by atoms with Gasteiger partial charge in [-0.1, -0.05) is 17.3 Å². The second-order valence-electron chi connectivity index (χ2n) is 10.2. The average Bonchev–Trinajstić information content (AvgIpc) is 3.27. The Morgan fingerprint density at radius 2 is 1.91 bits per heavy atom. The summed E-state index contributed by atoms with van der Waals surface area (Å²) >= 11 is 0. The number of carbonyl (C=O) groups is 1. The Kier molecular flexibility index (Phi) is 6.32. The lowest BCUT2D eigenvalue weighted by Gasteiger charge is -2.39. The molecule has 3 heterocycles. The highest BCUT2D eigenvalue weighted by molar-refractivity contribution is 5.79. The molecular formula is C27H31FN4O3. The minimum atomic E-state index is -0.334. The van der Waals surface area contributed by atoms with Gasteiger partial charge in [0.25, 0.3) is 0 Å². The first-order valence-electron chi connectivity index (χ1n) is 12.2. The molecule has 35 heavy (non-hydrogen) atoms. The van der Waals surface area contributed by atoms with Gasteiger partial charge in [0, 0.05) is 23.5 Å². The number of nitrogens with one attached hydrogen (secondary N) is 1. The van der Waals surface area contributed by atoms with Gasteiger partial charge in [-0.25, -0.2) is 4.39 Å². The van der Waals surface area contributed by atoms with Crippen LogP contribution in [0.5, 0.6) is 5.75 Å². The van der Waals surface area contributed by atoms with Gasteiger partial charge in [-0.05, 0) is 82.6 Å². The molecule has 0 bridgehead atoms. The van der Waals surface area contributed by atoms with E-state index in [2.05, 4.69) is 46.3 Å². The van der Waals surface area contributed by atoms with Crippen LogP contribution in [-0.2, 0) is 11.3 Å². The number of nitrogens with zero attached hydrogens (tertiary/aromatic N) is 3. The molecule has 1 aromatic heterocycles. The number of rotatable bonds is 5. The lowest BCUT2D eigenvalue weighted by Crippen LogP contribution is -2.45. The number of hydrogen-bond donors (Lipinski definition) is 1. The van der Waals surface area contributed by atoms with Crippen LogP contribution in [0.3, 0.4) is 0 Å². The SMILES string of the molecule is Cc1ccc2c(c1)OC(C)(C)CC2NC(=O)C1CCN(Cc2nc(-c3ccc(F)cc3)no2)CC1. The van der Waals surface area contributed by atoms with Crippen LogP contribution in [0.15, 0.2) is 47.0 Å². The van der Waals surface area contributed by atoms with E-state index in [1.807, 2.05) is 13.0 Å². The molecule has 1 N–H and O–H groups in total. The molecule has 2 aliphatic heterocycles. The third kappa shape index (κ3) is 5.37. The van der Waals surface area contributed by atoms with Crippen LogP contribution in [0.2, 0.25) is 0 Å². The highest BCUT2D eigenvalue weighted by Gasteiger charge is 2.36. The number of ether oxygens (including phenoxy) is 1. The molecule has 0 saturated carbocycles. The number of piperidine rings is 1. The van der Waals surface area contributed by atoms with Gasteiger partial charge in [-0.2, -0.15) is 4.98 Å². The molecule has 1 unspecified atom stereocenters. The molecule has 5 rings (SSSR count). The van der Waals surface area contributed by atoms with E-state index in [1.165, 1.54) is 12.1 Å². The van der Waals surface area contributed by atoms with Crippen LogP contribution in [0.25, 0.3) is 11.4 Å². The summed E-state index contributed by atoms with van der Waals surface area (Å²) in [5, 5.41) is 7.32. The number of fused-ring (bicyclic) bond motifs is 1. The number of hydrogen-bond acceptors (Lipinski definition) is 6. The van der Waals surface area contributed by atoms with Crippen LogP contribution in [0.4, 0.5) is 4.39 Å². The summed E-state index contributed by atoms with van der Waals surface area (Å²) in [4.78, 5) is 19.8. The maximum atomic E-state index is 13.2. The van der Waals surface area contributed by atoms with Crippen molar-refractivity contribution in [1.29, 1.82) is 0 Å². The Bertz CT molecular complexity index is 1200. The third-order valence-corrected chi connectivity index (χ3v) is 6.83. The summed E-state index contributed by atoms with van der Waals surface area (Å²) in [6, 6.07) is 12.1. The standard InChI is InChI=1S/C27H31FN4O3/c1-17-4-9-21-22(15-27(2,3)34-23(21)14-17)29-26(33)19-10-12-32(13-11-19)16-24-30-25(31-35-24)18-5-7-20(28)8-6-18/h4-9,14,19,22H,10-13,15-16H2,1-3H3,(H,29,33). The first-order valence-corrected chi connectivity index (χ1v) is 12.2. The van der Waals surface area contributed by atoms with Crippen LogP contribution in [-0.4, -0.2) is 39.6 Å². The van der Waals surface area contributed by atoms with Crippen molar-refractivity contribution in [3.63, 3.8) is 0 Å². The predicted molar refractivity (Wildman–Crippen MR) is 129 cm³/mol. The van der Waals surface area contributed by atoms with Crippen molar-refractivity contribution in [2.45, 2.75) is 58.2 Å². The molecule has 3 aromatic rings. The van der Waals surface area contributed by atoms with E-state index in [0.717, 1.165) is 49.2 Å². The van der Waals surface area contributed by atoms with Gasteiger partial charge in [-0.15, -0.1) is 0 Å². The quantitative estimate of drug-likeness (QED) is 0.567. The summed E-state index contributed by atoms with van der Waals surface area (Å²) in [5.41, 5.74) is 2.57. The van der Waals surface area contributed by atoms with Crippen LogP contribution < -0.4 is 10.1 Å². The predicted octanol–water partition coefficient (Wildman–Crippen LogP) is 4.81. The molecule has 2 aliphatic rings. The first-order chi connectivity index (χ1) is 16.8. The van der Waals surface area contributed by atoms with Crippen LogP contribution in [0.1, 0.15) is 56.2 Å². The van der Waals surface area contributed by atoms with Crippen molar-refractivity contribution in [2.24, 2.45) is 5.92 Å². The van der Waals surface area contributed by atoms with Gasteiger partial charge in [0.1, 0.15) is 17.2 Å². The Morgan fingerprint density at radius 3 is 2.66 bits per heavy atom. The third-order valence-electron chi connectivity index (χ3n) is 6.83. The maximum absolute atomic E-state index is 13.2. The van der Waals surface area contributed by atoms with Crippen molar-refractivity contribution >= 4 is 5.91 Å². The van der Waals surface area contributed by atoms with E-state index in [9.17, 15) is 9.18 Å². The summed E-state index contributed by atoms with van der Waals surface area (Å²) < 4.78 is 24.7. The summed E-state index contributed by atoms with van der Waals surface area (Å²) in [6.07, 6.45) is 2.29. The van der Waals surface area contributed by atoms with Gasteiger partial charge >= 0.3 is 0 Å². The van der Waals surface area contributed by atoms with Crippen molar-refractivity contribution < 1.29 is 18.4 Å². The second-order valence-corrected chi connectivity index (χ2v) is 10.2. The van der Waals surface area contributed by atoms with E-state index in [1.54, 1.807) is 12.1 Å². The number of amides is 1. The van der Waals surface area contributed by atoms with Gasteiger partial charge in [0.15, 0.2) is 0 Å². The average molecular weight is 479 g/mol. The van der Waals surface area contributed by atoms with Crippen molar-refractivity contribution in [3.8, 4) is 17.1 Å². The molecule has 0 aliphatic carbocycles. The fraction of sp³-hybridized carbons (Fsp3) is 0.444. The Morgan fingerprint density at radius 1 is 1.17 bits per heavy atom. The molecule has 1 saturated heterocycles. The summed E-state index contributed by atoms with van der Waals surface area (Å²) in [7, 11) is 0. The highest BCUT2D eigenvalue weighted by atomic mass is 19.1. The van der Waals surface area contributed by atoms with Gasteiger partial charge in [0.05, 0.1) is 12.6 Å². The zero-order chi connectivity index (χ0) is 24.6. The number of carbonyl (C=O) groups excluding carboxylic acids is 1. The summed E-state index contributed by atoms with van der Waals surface area (Å²) in [5.74, 6) is 1.61. The number of halogens is 1. The number of aromatic nitrogens is 2. The summed E-state index contributed by atoms with van der Waals surface area (Å²) in [6.45, 7) is 8.26. The molecule has 1 atom stereocenters. The minimum Gasteiger partial charge on any atom is -0.487 e. The van der Waals surface area contributed by atoms with Crippen LogP contribution in [0, 0.1) is 18.7 Å². The van der Waals surface area contributed by atoms with Gasteiger partial charge in [0.2, 0.25) is 17.6 Å². The molecule has 184 valence electrons. The monoisotopic (exact) mass is 478 g/mol. The first kappa shape index (κ1) is 23.5.